The van der Waals surface area contributed by atoms with E-state index in [1.807, 2.05) is 18.4 Å². The molecule has 3 rings (SSSR count). The Morgan fingerprint density at radius 1 is 1.31 bits per heavy atom. The Kier molecular flexibility index (Phi) is 6.42. The second-order valence-electron chi connectivity index (χ2n) is 7.36. The van der Waals surface area contributed by atoms with E-state index in [9.17, 15) is 0 Å². The summed E-state index contributed by atoms with van der Waals surface area (Å²) in [7, 11) is 2.02. The molecule has 0 radical (unpaired) electrons. The average Bonchev–Trinajstić information content (AvgIpc) is 3.04. The Labute approximate surface area is 162 Å². The number of aryl methyl sites for hydroxylation is 1. The maximum atomic E-state index is 4.32. The number of thiophene rings is 1. The zero-order chi connectivity index (χ0) is 18.5. The lowest BCUT2D eigenvalue weighted by atomic mass is 9.88. The van der Waals surface area contributed by atoms with Gasteiger partial charge in [-0.2, -0.15) is 0 Å². The summed E-state index contributed by atoms with van der Waals surface area (Å²) in [6.07, 6.45) is 15.9. The molecule has 26 heavy (non-hydrogen) atoms. The van der Waals surface area contributed by atoms with Crippen molar-refractivity contribution in [2.75, 3.05) is 12.4 Å². The smallest absolute Gasteiger partial charge is 0.0961 e. The molecule has 1 aromatic heterocycles. The standard InChI is InChI=1S/C23H32N2S/c1-5-16(2)22-20-15-19(13-14-21(20)26-23(22)24-4)25-17(3)11-12-18-9-7-6-8-10-18/h7,9-10,19,24-25H,2-3,5-6,8,11-15H2,1,4H3. The summed E-state index contributed by atoms with van der Waals surface area (Å²) >= 11 is 1.92. The summed E-state index contributed by atoms with van der Waals surface area (Å²) in [5.74, 6) is 0. The van der Waals surface area contributed by atoms with Crippen LogP contribution < -0.4 is 10.6 Å². The second kappa shape index (κ2) is 8.77. The first-order valence-electron chi connectivity index (χ1n) is 9.92. The molecule has 1 atom stereocenters. The highest BCUT2D eigenvalue weighted by Gasteiger charge is 2.26. The first-order chi connectivity index (χ1) is 12.6. The van der Waals surface area contributed by atoms with E-state index in [1.54, 1.807) is 4.88 Å². The molecular weight excluding hydrogens is 336 g/mol. The van der Waals surface area contributed by atoms with Crippen molar-refractivity contribution in [2.45, 2.75) is 64.3 Å². The molecule has 0 bridgehead atoms. The SMILES string of the molecule is C=C(CCC1=CCCC=C1)NC1CCc2sc(NC)c(C(=C)CC)c2C1. The molecule has 0 amide bonds. The van der Waals surface area contributed by atoms with Gasteiger partial charge in [-0.25, -0.2) is 0 Å². The second-order valence-corrected chi connectivity index (χ2v) is 8.47. The molecule has 140 valence electrons. The van der Waals surface area contributed by atoms with Crippen molar-refractivity contribution in [2.24, 2.45) is 0 Å². The number of anilines is 1. The zero-order valence-corrected chi connectivity index (χ0v) is 17.1. The number of allylic oxidation sites excluding steroid dienone is 6. The molecule has 0 fully saturated rings. The Morgan fingerprint density at radius 2 is 2.15 bits per heavy atom. The van der Waals surface area contributed by atoms with Crippen LogP contribution in [0.5, 0.6) is 0 Å². The van der Waals surface area contributed by atoms with Gasteiger partial charge in [0.25, 0.3) is 0 Å². The maximum Gasteiger partial charge on any atom is 0.0961 e. The summed E-state index contributed by atoms with van der Waals surface area (Å²) in [6.45, 7) is 10.8. The van der Waals surface area contributed by atoms with E-state index < -0.39 is 0 Å². The number of fused-ring (bicyclic) bond motifs is 1. The minimum atomic E-state index is 0.494. The quantitative estimate of drug-likeness (QED) is 0.568. The van der Waals surface area contributed by atoms with Gasteiger partial charge >= 0.3 is 0 Å². The van der Waals surface area contributed by atoms with E-state index >= 15 is 0 Å². The largest absolute Gasteiger partial charge is 0.386 e. The Bertz CT molecular complexity index is 736. The third kappa shape index (κ3) is 4.32. The van der Waals surface area contributed by atoms with Gasteiger partial charge in [0.05, 0.1) is 5.00 Å². The van der Waals surface area contributed by atoms with Crippen molar-refractivity contribution in [1.82, 2.24) is 5.32 Å². The average molecular weight is 369 g/mol. The van der Waals surface area contributed by atoms with Crippen molar-refractivity contribution < 1.29 is 0 Å². The molecule has 0 aliphatic heterocycles. The summed E-state index contributed by atoms with van der Waals surface area (Å²) in [5.41, 5.74) is 6.79. The van der Waals surface area contributed by atoms with Crippen LogP contribution in [0.1, 0.15) is 61.5 Å². The third-order valence-electron chi connectivity index (χ3n) is 5.46. The zero-order valence-electron chi connectivity index (χ0n) is 16.3. The first-order valence-corrected chi connectivity index (χ1v) is 10.7. The van der Waals surface area contributed by atoms with Gasteiger partial charge in [0, 0.05) is 29.2 Å². The molecule has 0 spiro atoms. The lowest BCUT2D eigenvalue weighted by Gasteiger charge is -2.26. The number of rotatable bonds is 8. The normalized spacial score (nSPS) is 18.8. The van der Waals surface area contributed by atoms with Gasteiger partial charge in [0.1, 0.15) is 0 Å². The predicted molar refractivity (Wildman–Crippen MR) is 117 cm³/mol. The third-order valence-corrected chi connectivity index (χ3v) is 6.77. The molecule has 2 nitrogen and oxygen atoms in total. The van der Waals surface area contributed by atoms with Crippen LogP contribution >= 0.6 is 11.3 Å². The molecular formula is C23H32N2S. The van der Waals surface area contributed by atoms with Crippen LogP contribution in [-0.4, -0.2) is 13.1 Å². The van der Waals surface area contributed by atoms with Crippen molar-refractivity contribution in [3.8, 4) is 0 Å². The van der Waals surface area contributed by atoms with Gasteiger partial charge in [-0.3, -0.25) is 0 Å². The lowest BCUT2D eigenvalue weighted by molar-refractivity contribution is 0.495. The molecule has 1 unspecified atom stereocenters. The highest BCUT2D eigenvalue weighted by molar-refractivity contribution is 7.16. The summed E-state index contributed by atoms with van der Waals surface area (Å²) in [6, 6.07) is 0.494. The maximum absolute atomic E-state index is 4.32. The van der Waals surface area contributed by atoms with Gasteiger partial charge in [0.15, 0.2) is 0 Å². The van der Waals surface area contributed by atoms with E-state index in [1.165, 1.54) is 52.2 Å². The van der Waals surface area contributed by atoms with E-state index in [2.05, 4.69) is 48.9 Å². The Hall–Kier alpha value is -1.74. The van der Waals surface area contributed by atoms with Crippen molar-refractivity contribution >= 4 is 21.9 Å². The van der Waals surface area contributed by atoms with Crippen LogP contribution in [0.25, 0.3) is 5.57 Å². The van der Waals surface area contributed by atoms with Gasteiger partial charge in [0.2, 0.25) is 0 Å². The van der Waals surface area contributed by atoms with Gasteiger partial charge in [-0.05, 0) is 62.5 Å². The fourth-order valence-corrected chi connectivity index (χ4v) is 5.19. The minimum Gasteiger partial charge on any atom is -0.386 e. The first kappa shape index (κ1) is 19.0. The van der Waals surface area contributed by atoms with Crippen LogP contribution in [0.4, 0.5) is 5.00 Å². The minimum absolute atomic E-state index is 0.494. The molecule has 0 saturated heterocycles. The molecule has 2 aliphatic rings. The molecule has 2 aliphatic carbocycles. The summed E-state index contributed by atoms with van der Waals surface area (Å²) in [5, 5.41) is 8.40. The van der Waals surface area contributed by atoms with Crippen molar-refractivity contribution in [1.29, 1.82) is 0 Å². The number of hydrogen-bond acceptors (Lipinski definition) is 3. The van der Waals surface area contributed by atoms with E-state index in [0.29, 0.717) is 6.04 Å². The fourth-order valence-electron chi connectivity index (χ4n) is 3.94. The van der Waals surface area contributed by atoms with Gasteiger partial charge in [-0.1, -0.05) is 43.9 Å². The van der Waals surface area contributed by atoms with Crippen LogP contribution in [0.15, 0.2) is 42.7 Å². The topological polar surface area (TPSA) is 24.1 Å². The molecule has 3 heteroatoms. The van der Waals surface area contributed by atoms with E-state index in [4.69, 9.17) is 0 Å². The van der Waals surface area contributed by atoms with Gasteiger partial charge in [-0.15, -0.1) is 11.3 Å². The lowest BCUT2D eigenvalue weighted by Crippen LogP contribution is -2.33. The van der Waals surface area contributed by atoms with Gasteiger partial charge < -0.3 is 10.6 Å². The molecule has 1 aromatic rings. The number of hydrogen-bond donors (Lipinski definition) is 2. The Balaban J connectivity index is 1.61. The van der Waals surface area contributed by atoms with Crippen LogP contribution in [0, 0.1) is 0 Å². The predicted octanol–water partition coefficient (Wildman–Crippen LogP) is 6.23. The van der Waals surface area contributed by atoms with E-state index in [0.717, 1.165) is 32.1 Å². The molecule has 0 aromatic carbocycles. The summed E-state index contributed by atoms with van der Waals surface area (Å²) in [4.78, 5) is 1.54. The fraction of sp³-hybridized carbons (Fsp3) is 0.478. The monoisotopic (exact) mass is 368 g/mol. The number of nitrogens with one attached hydrogen (secondary N) is 2. The van der Waals surface area contributed by atoms with Crippen molar-refractivity contribution in [3.05, 3.63) is 58.7 Å². The Morgan fingerprint density at radius 3 is 2.85 bits per heavy atom. The van der Waals surface area contributed by atoms with Crippen LogP contribution in [0.2, 0.25) is 0 Å². The molecule has 1 heterocycles. The van der Waals surface area contributed by atoms with Crippen LogP contribution in [0.3, 0.4) is 0 Å². The molecule has 0 saturated carbocycles. The van der Waals surface area contributed by atoms with E-state index in [-0.39, 0.29) is 0 Å². The highest BCUT2D eigenvalue weighted by atomic mass is 32.1. The summed E-state index contributed by atoms with van der Waals surface area (Å²) < 4.78 is 0. The van der Waals surface area contributed by atoms with Crippen molar-refractivity contribution in [3.63, 3.8) is 0 Å². The highest BCUT2D eigenvalue weighted by Crippen LogP contribution is 2.42. The van der Waals surface area contributed by atoms with Crippen LogP contribution in [-0.2, 0) is 12.8 Å². The molecule has 2 N–H and O–H groups in total.